The summed E-state index contributed by atoms with van der Waals surface area (Å²) in [5, 5.41) is 11.7. The predicted octanol–water partition coefficient (Wildman–Crippen LogP) is 3.96. The van der Waals surface area contributed by atoms with E-state index in [4.69, 9.17) is 0 Å². The van der Waals surface area contributed by atoms with Crippen molar-refractivity contribution in [3.05, 3.63) is 0 Å². The maximum Gasteiger partial charge on any atom is 0.0787 e. The van der Waals surface area contributed by atoms with Crippen LogP contribution in [0.15, 0.2) is 0 Å². The summed E-state index contributed by atoms with van der Waals surface area (Å²) in [5.41, 5.74) is -0.303. The van der Waals surface area contributed by atoms with Crippen LogP contribution in [0.3, 0.4) is 0 Å². The number of rotatable bonds is 15. The van der Waals surface area contributed by atoms with Crippen LogP contribution in [0.4, 0.5) is 0 Å². The molecule has 0 amide bonds. The van der Waals surface area contributed by atoms with Crippen LogP contribution in [0.2, 0.25) is 0 Å². The lowest BCUT2D eigenvalue weighted by atomic mass is 9.49. The van der Waals surface area contributed by atoms with E-state index < -0.39 is 0 Å². The predicted molar refractivity (Wildman–Crippen MR) is 125 cm³/mol. The van der Waals surface area contributed by atoms with E-state index in [0.717, 1.165) is 18.3 Å². The van der Waals surface area contributed by atoms with Crippen molar-refractivity contribution in [3.63, 3.8) is 0 Å². The summed E-state index contributed by atoms with van der Waals surface area (Å²) in [5.74, 6) is 3.19. The molecule has 0 atom stereocenters. The van der Waals surface area contributed by atoms with E-state index in [2.05, 4.69) is 20.8 Å². The third kappa shape index (κ3) is 6.47. The van der Waals surface area contributed by atoms with Crippen molar-refractivity contribution < 1.29 is 26.6 Å². The Labute approximate surface area is 198 Å². The Kier molecular flexibility index (Phi) is 11.2. The second-order valence-electron chi connectivity index (χ2n) is 11.3. The minimum Gasteiger partial charge on any atom is -1.00 e. The van der Waals surface area contributed by atoms with Gasteiger partial charge in [-0.3, -0.25) is 0 Å². The highest BCUT2D eigenvalue weighted by Crippen LogP contribution is 2.59. The first-order valence-electron chi connectivity index (χ1n) is 13.6. The topological polar surface area (TPSA) is 20.2 Å². The van der Waals surface area contributed by atoms with Gasteiger partial charge in [-0.15, -0.1) is 0 Å². The van der Waals surface area contributed by atoms with Crippen molar-refractivity contribution in [1.29, 1.82) is 0 Å². The molecule has 4 aliphatic carbocycles. The monoisotopic (exact) mass is 485 g/mol. The number of nitrogens with zero attached hydrogens (tertiary/aromatic N) is 1. The summed E-state index contributed by atoms with van der Waals surface area (Å²) in [6, 6.07) is 0. The third-order valence-electron chi connectivity index (χ3n) is 9.59. The third-order valence-corrected chi connectivity index (χ3v) is 9.59. The molecule has 3 heteroatoms. The van der Waals surface area contributed by atoms with Gasteiger partial charge in [-0.25, -0.2) is 0 Å². The van der Waals surface area contributed by atoms with Gasteiger partial charge in [0.25, 0.3) is 0 Å². The van der Waals surface area contributed by atoms with Crippen molar-refractivity contribution in [1.82, 2.24) is 0 Å². The highest BCUT2D eigenvalue weighted by atomic mass is 79.9. The zero-order valence-corrected chi connectivity index (χ0v) is 22.1. The van der Waals surface area contributed by atoms with Crippen molar-refractivity contribution in [3.8, 4) is 0 Å². The highest BCUT2D eigenvalue weighted by molar-refractivity contribution is 5.06. The van der Waals surface area contributed by atoms with Crippen molar-refractivity contribution >= 4 is 0 Å². The van der Waals surface area contributed by atoms with E-state index in [9.17, 15) is 5.11 Å². The largest absolute Gasteiger partial charge is 1.00 e. The lowest BCUT2D eigenvalue weighted by molar-refractivity contribution is -0.925. The second-order valence-corrected chi connectivity index (χ2v) is 11.3. The van der Waals surface area contributed by atoms with E-state index >= 15 is 0 Å². The first-order chi connectivity index (χ1) is 14.0. The van der Waals surface area contributed by atoms with Gasteiger partial charge in [0.15, 0.2) is 0 Å². The van der Waals surface area contributed by atoms with Crippen LogP contribution in [0.1, 0.15) is 117 Å². The van der Waals surface area contributed by atoms with Crippen LogP contribution in [-0.4, -0.2) is 41.4 Å². The van der Waals surface area contributed by atoms with Crippen molar-refractivity contribution in [2.75, 3.05) is 26.2 Å². The molecule has 0 aromatic rings. The highest BCUT2D eigenvalue weighted by Gasteiger charge is 2.56. The van der Waals surface area contributed by atoms with E-state index in [0.29, 0.717) is 11.8 Å². The van der Waals surface area contributed by atoms with Gasteiger partial charge < -0.3 is 26.6 Å². The molecule has 0 unspecified atom stereocenters. The molecule has 4 aliphatic rings. The maximum atomic E-state index is 11.7. The van der Waals surface area contributed by atoms with E-state index in [-0.39, 0.29) is 22.6 Å². The fraction of sp³-hybridized carbons (Fsp3) is 1.00. The van der Waals surface area contributed by atoms with Crippen LogP contribution in [0.25, 0.3) is 0 Å². The Balaban J connectivity index is 0.00000320. The summed E-state index contributed by atoms with van der Waals surface area (Å²) in [7, 11) is 0. The summed E-state index contributed by atoms with van der Waals surface area (Å²) in [6.07, 6.45) is 20.5. The lowest BCUT2D eigenvalue weighted by Gasteiger charge is -2.59. The summed E-state index contributed by atoms with van der Waals surface area (Å²) >= 11 is 0. The average Bonchev–Trinajstić information content (AvgIpc) is 2.72. The fourth-order valence-corrected chi connectivity index (χ4v) is 7.66. The van der Waals surface area contributed by atoms with E-state index in [1.165, 1.54) is 121 Å². The normalized spacial score (nSPS) is 32.4. The molecule has 178 valence electrons. The lowest BCUT2D eigenvalue weighted by Crippen LogP contribution is -3.00. The fourth-order valence-electron chi connectivity index (χ4n) is 7.66. The Morgan fingerprint density at radius 1 is 0.667 bits per heavy atom. The zero-order valence-electron chi connectivity index (χ0n) is 20.5. The number of unbranched alkanes of at least 4 members (excludes halogenated alkanes) is 7. The standard InChI is InChI=1S/C27H52NO.BrH/c1-4-7-8-9-10-11-12-13-16-28(5-2,6-3)17-14-15-27(29)25-19-23-18-24(21-25)22-26(27)20-23;/h23-26,29H,4-22H2,1-3H3;1H/q+1;/p-1. The molecule has 4 bridgehead atoms. The van der Waals surface area contributed by atoms with Gasteiger partial charge in [0.1, 0.15) is 0 Å². The molecule has 0 spiro atoms. The first kappa shape index (κ1) is 26.7. The molecule has 4 fully saturated rings. The van der Waals surface area contributed by atoms with Crippen LogP contribution in [0.5, 0.6) is 0 Å². The molecule has 0 saturated heterocycles. The quantitative estimate of drug-likeness (QED) is 0.275. The average molecular weight is 487 g/mol. The smallest absolute Gasteiger partial charge is 0.0787 e. The first-order valence-corrected chi connectivity index (χ1v) is 13.6. The van der Waals surface area contributed by atoms with Gasteiger partial charge >= 0.3 is 0 Å². The Bertz CT molecular complexity index is 447. The summed E-state index contributed by atoms with van der Waals surface area (Å²) < 4.78 is 1.28. The van der Waals surface area contributed by atoms with Gasteiger partial charge in [-0.2, -0.15) is 0 Å². The molecule has 1 N–H and O–H groups in total. The summed E-state index contributed by atoms with van der Waals surface area (Å²) in [4.78, 5) is 0. The number of halogens is 1. The molecule has 4 rings (SSSR count). The van der Waals surface area contributed by atoms with Crippen molar-refractivity contribution in [2.45, 2.75) is 123 Å². The molecular formula is C27H52BrNO. The van der Waals surface area contributed by atoms with Crippen LogP contribution < -0.4 is 17.0 Å². The molecule has 4 saturated carbocycles. The van der Waals surface area contributed by atoms with Gasteiger partial charge in [0, 0.05) is 0 Å². The number of aliphatic hydroxyl groups is 1. The minimum absolute atomic E-state index is 0. The Hall–Kier alpha value is 0.400. The zero-order chi connectivity index (χ0) is 20.7. The van der Waals surface area contributed by atoms with Gasteiger partial charge in [0.2, 0.25) is 0 Å². The van der Waals surface area contributed by atoms with Crippen LogP contribution in [0, 0.1) is 23.7 Å². The molecular weight excluding hydrogens is 434 g/mol. The number of quaternary nitrogens is 1. The molecule has 30 heavy (non-hydrogen) atoms. The molecule has 0 radical (unpaired) electrons. The van der Waals surface area contributed by atoms with Gasteiger partial charge in [0.05, 0.1) is 31.8 Å². The molecule has 0 aromatic heterocycles. The molecule has 0 aromatic carbocycles. The van der Waals surface area contributed by atoms with Crippen LogP contribution >= 0.6 is 0 Å². The van der Waals surface area contributed by atoms with E-state index in [1.807, 2.05) is 0 Å². The SMILES string of the molecule is CCCCCCCCCC[N+](CC)(CC)CCCC1(O)C2CC3CC(C2)CC1C3.[Br-]. The Morgan fingerprint density at radius 3 is 1.63 bits per heavy atom. The van der Waals surface area contributed by atoms with Gasteiger partial charge in [-0.05, 0) is 95.3 Å². The molecule has 0 heterocycles. The summed E-state index contributed by atoms with van der Waals surface area (Å²) in [6.45, 7) is 12.3. The van der Waals surface area contributed by atoms with Crippen molar-refractivity contribution in [2.24, 2.45) is 23.7 Å². The minimum atomic E-state index is -0.303. The Morgan fingerprint density at radius 2 is 1.13 bits per heavy atom. The number of hydrogen-bond donors (Lipinski definition) is 1. The number of hydrogen-bond acceptors (Lipinski definition) is 1. The molecule has 2 nitrogen and oxygen atoms in total. The van der Waals surface area contributed by atoms with Crippen LogP contribution in [-0.2, 0) is 0 Å². The molecule has 0 aliphatic heterocycles. The van der Waals surface area contributed by atoms with E-state index in [1.54, 1.807) is 0 Å². The van der Waals surface area contributed by atoms with Gasteiger partial charge in [-0.1, -0.05) is 45.4 Å². The maximum absolute atomic E-state index is 11.7. The second kappa shape index (κ2) is 12.6.